The van der Waals surface area contributed by atoms with Crippen molar-refractivity contribution in [2.45, 2.75) is 56.8 Å². The van der Waals surface area contributed by atoms with E-state index in [1.807, 2.05) is 25.4 Å². The van der Waals surface area contributed by atoms with Crippen molar-refractivity contribution >= 4 is 22.6 Å². The van der Waals surface area contributed by atoms with Crippen LogP contribution in [-0.2, 0) is 4.79 Å². The molecule has 4 aliphatic rings. The summed E-state index contributed by atoms with van der Waals surface area (Å²) in [5.41, 5.74) is 4.66. The Morgan fingerprint density at radius 1 is 1.24 bits per heavy atom. The maximum atomic E-state index is 11.7. The van der Waals surface area contributed by atoms with Crippen LogP contribution in [0.4, 0.5) is 5.69 Å². The van der Waals surface area contributed by atoms with Gasteiger partial charge in [0.2, 0.25) is 11.8 Å². The Morgan fingerprint density at radius 3 is 2.88 bits per heavy atom. The van der Waals surface area contributed by atoms with Gasteiger partial charge in [0, 0.05) is 30.5 Å². The quantitative estimate of drug-likeness (QED) is 0.623. The summed E-state index contributed by atoms with van der Waals surface area (Å²) in [6.07, 6.45) is 6.80. The van der Waals surface area contributed by atoms with Crippen LogP contribution in [-0.4, -0.2) is 45.2 Å². The molecule has 2 saturated carbocycles. The number of imidazole rings is 1. The molecule has 2 atom stereocenters. The van der Waals surface area contributed by atoms with Crippen molar-refractivity contribution in [1.29, 1.82) is 0 Å². The Bertz CT molecular complexity index is 1280. The van der Waals surface area contributed by atoms with Gasteiger partial charge in [-0.15, -0.1) is 0 Å². The van der Waals surface area contributed by atoms with E-state index in [4.69, 9.17) is 19.4 Å². The Balaban J connectivity index is 1.27. The maximum Gasteiger partial charge on any atom is 0.241 e. The average molecular weight is 446 g/mol. The molecule has 4 heterocycles. The topological polar surface area (TPSA) is 90.3 Å². The zero-order valence-electron chi connectivity index (χ0n) is 18.6. The first-order valence-corrected chi connectivity index (χ1v) is 12.0. The Kier molecular flexibility index (Phi) is 3.99. The van der Waals surface area contributed by atoms with Gasteiger partial charge in [0.15, 0.2) is 0 Å². The van der Waals surface area contributed by atoms with E-state index in [2.05, 4.69) is 27.3 Å². The molecule has 2 aromatic heterocycles. The van der Waals surface area contributed by atoms with Crippen molar-refractivity contribution in [3.63, 3.8) is 0 Å². The van der Waals surface area contributed by atoms with E-state index in [1.165, 1.54) is 0 Å². The summed E-state index contributed by atoms with van der Waals surface area (Å²) in [5, 5.41) is 6.44. The van der Waals surface area contributed by atoms with E-state index in [0.29, 0.717) is 24.9 Å². The van der Waals surface area contributed by atoms with Gasteiger partial charge < -0.3 is 24.7 Å². The van der Waals surface area contributed by atoms with Crippen molar-refractivity contribution < 1.29 is 14.3 Å². The SMILES string of the molecule is CC(Oc1nc(-c2ccc3c(c2)NCC2(CC2)O3)cc2ncn(C3CC3)c12)C1CNC(=O)C1. The standard InChI is InChI=1S/C25H27N5O3/c1-14(16-9-22(31)26-11-16)32-24-23-20(28-13-30(23)17-3-4-17)10-18(29-24)15-2-5-21-19(8-15)27-12-25(33-21)6-7-25/h2,5,8,10,13-14,16-17,27H,3-4,6-7,9,11-12H2,1H3,(H,26,31). The fraction of sp³-hybridized carbons (Fsp3) is 0.480. The lowest BCUT2D eigenvalue weighted by Gasteiger charge is -2.27. The van der Waals surface area contributed by atoms with Crippen molar-refractivity contribution in [1.82, 2.24) is 19.9 Å². The van der Waals surface area contributed by atoms with E-state index in [-0.39, 0.29) is 23.5 Å². The van der Waals surface area contributed by atoms with Crippen LogP contribution < -0.4 is 20.1 Å². The molecular formula is C25H27N5O3. The van der Waals surface area contributed by atoms with Gasteiger partial charge in [-0.25, -0.2) is 9.97 Å². The van der Waals surface area contributed by atoms with Crippen molar-refractivity contribution in [2.75, 3.05) is 18.4 Å². The van der Waals surface area contributed by atoms with E-state index in [0.717, 1.165) is 66.0 Å². The third-order valence-corrected chi connectivity index (χ3v) is 7.44. The number of anilines is 1. The first-order chi connectivity index (χ1) is 16.1. The molecule has 170 valence electrons. The monoisotopic (exact) mass is 445 g/mol. The fourth-order valence-electron chi connectivity index (χ4n) is 4.98. The number of hydrogen-bond acceptors (Lipinski definition) is 6. The molecule has 1 aromatic carbocycles. The largest absolute Gasteiger partial charge is 0.483 e. The number of hydrogen-bond donors (Lipinski definition) is 2. The summed E-state index contributed by atoms with van der Waals surface area (Å²) in [5.74, 6) is 1.72. The summed E-state index contributed by atoms with van der Waals surface area (Å²) >= 11 is 0. The summed E-state index contributed by atoms with van der Waals surface area (Å²) in [6, 6.07) is 8.70. The van der Waals surface area contributed by atoms with Gasteiger partial charge in [-0.05, 0) is 56.9 Å². The second-order valence-corrected chi connectivity index (χ2v) is 10.0. The van der Waals surface area contributed by atoms with Crippen LogP contribution in [0.2, 0.25) is 0 Å². The molecule has 1 spiro atoms. The number of amides is 1. The number of fused-ring (bicyclic) bond motifs is 2. The lowest BCUT2D eigenvalue weighted by Crippen LogP contribution is -2.32. The minimum Gasteiger partial charge on any atom is -0.483 e. The highest BCUT2D eigenvalue weighted by Crippen LogP contribution is 2.47. The molecule has 3 fully saturated rings. The first-order valence-electron chi connectivity index (χ1n) is 12.0. The molecule has 2 N–H and O–H groups in total. The molecule has 8 heteroatoms. The van der Waals surface area contributed by atoms with Crippen molar-refractivity contribution in [3.8, 4) is 22.9 Å². The minimum absolute atomic E-state index is 0.00888. The maximum absolute atomic E-state index is 11.7. The van der Waals surface area contributed by atoms with Gasteiger partial charge in [-0.3, -0.25) is 4.79 Å². The van der Waals surface area contributed by atoms with Crippen molar-refractivity contribution in [3.05, 3.63) is 30.6 Å². The van der Waals surface area contributed by atoms with Gasteiger partial charge in [0.05, 0.1) is 29.8 Å². The van der Waals surface area contributed by atoms with Crippen LogP contribution in [0, 0.1) is 5.92 Å². The number of rotatable bonds is 5. The molecule has 0 radical (unpaired) electrons. The van der Waals surface area contributed by atoms with Gasteiger partial charge in [0.25, 0.3) is 0 Å². The predicted molar refractivity (Wildman–Crippen MR) is 124 cm³/mol. The third kappa shape index (κ3) is 3.31. The number of nitrogens with zero attached hydrogens (tertiary/aromatic N) is 3. The summed E-state index contributed by atoms with van der Waals surface area (Å²) in [7, 11) is 0. The van der Waals surface area contributed by atoms with Crippen LogP contribution in [0.15, 0.2) is 30.6 Å². The lowest BCUT2D eigenvalue weighted by molar-refractivity contribution is -0.119. The van der Waals surface area contributed by atoms with E-state index in [1.54, 1.807) is 0 Å². The number of benzene rings is 1. The van der Waals surface area contributed by atoms with Crippen LogP contribution in [0.3, 0.4) is 0 Å². The molecule has 33 heavy (non-hydrogen) atoms. The number of carbonyl (C=O) groups is 1. The third-order valence-electron chi connectivity index (χ3n) is 7.44. The highest BCUT2D eigenvalue weighted by Gasteiger charge is 2.47. The minimum atomic E-state index is -0.134. The zero-order chi connectivity index (χ0) is 22.2. The average Bonchev–Trinajstić information content (AvgIpc) is 3.72. The van der Waals surface area contributed by atoms with Crippen LogP contribution in [0.5, 0.6) is 11.6 Å². The zero-order valence-corrected chi connectivity index (χ0v) is 18.6. The number of nitrogens with one attached hydrogen (secondary N) is 2. The highest BCUT2D eigenvalue weighted by atomic mass is 16.5. The van der Waals surface area contributed by atoms with Crippen LogP contribution in [0.25, 0.3) is 22.3 Å². The van der Waals surface area contributed by atoms with E-state index in [9.17, 15) is 4.79 Å². The number of aromatic nitrogens is 3. The fourth-order valence-corrected chi connectivity index (χ4v) is 4.98. The summed E-state index contributed by atoms with van der Waals surface area (Å²) in [4.78, 5) is 21.4. The normalized spacial score (nSPS) is 23.5. The molecule has 2 aliphatic carbocycles. The molecule has 1 amide bonds. The van der Waals surface area contributed by atoms with Crippen LogP contribution >= 0.6 is 0 Å². The number of pyridine rings is 1. The van der Waals surface area contributed by atoms with Gasteiger partial charge in [-0.1, -0.05) is 0 Å². The second kappa shape index (κ2) is 6.85. The molecule has 2 aliphatic heterocycles. The molecule has 8 nitrogen and oxygen atoms in total. The molecule has 7 rings (SSSR count). The molecule has 0 bridgehead atoms. The van der Waals surface area contributed by atoms with Crippen molar-refractivity contribution in [2.24, 2.45) is 5.92 Å². The van der Waals surface area contributed by atoms with E-state index >= 15 is 0 Å². The first kappa shape index (κ1) is 19.2. The van der Waals surface area contributed by atoms with E-state index < -0.39 is 0 Å². The summed E-state index contributed by atoms with van der Waals surface area (Å²) in [6.45, 7) is 3.52. The Labute approximate surface area is 191 Å². The Hall–Kier alpha value is -3.29. The van der Waals surface area contributed by atoms with Gasteiger partial charge in [-0.2, -0.15) is 0 Å². The Morgan fingerprint density at radius 2 is 2.12 bits per heavy atom. The van der Waals surface area contributed by atoms with Crippen LogP contribution in [0.1, 0.15) is 45.1 Å². The smallest absolute Gasteiger partial charge is 0.241 e. The van der Waals surface area contributed by atoms with Gasteiger partial charge >= 0.3 is 0 Å². The molecule has 1 saturated heterocycles. The predicted octanol–water partition coefficient (Wildman–Crippen LogP) is 3.67. The molecule has 3 aromatic rings. The number of carbonyl (C=O) groups excluding carboxylic acids is 1. The number of ether oxygens (including phenoxy) is 2. The lowest BCUT2D eigenvalue weighted by atomic mass is 10.0. The highest BCUT2D eigenvalue weighted by molar-refractivity contribution is 5.86. The van der Waals surface area contributed by atoms with Gasteiger partial charge in [0.1, 0.15) is 23.0 Å². The molecular weight excluding hydrogens is 418 g/mol. The summed E-state index contributed by atoms with van der Waals surface area (Å²) < 4.78 is 14.9. The second-order valence-electron chi connectivity index (χ2n) is 10.0. The molecule has 2 unspecified atom stereocenters.